The van der Waals surface area contributed by atoms with E-state index in [2.05, 4.69) is 23.8 Å². The topological polar surface area (TPSA) is 71.5 Å². The van der Waals surface area contributed by atoms with Crippen LogP contribution in [0.25, 0.3) is 0 Å². The van der Waals surface area contributed by atoms with Crippen LogP contribution in [0.3, 0.4) is 0 Å². The van der Waals surface area contributed by atoms with Crippen LogP contribution in [-0.4, -0.2) is 34.8 Å². The molecule has 2 amide bonds. The predicted octanol–water partition coefficient (Wildman–Crippen LogP) is 3.85. The molecule has 2 heterocycles. The largest absolute Gasteiger partial charge is 0.439 e. The first-order chi connectivity index (χ1) is 13.5. The van der Waals surface area contributed by atoms with Gasteiger partial charge < -0.3 is 15.0 Å². The Morgan fingerprint density at radius 2 is 1.93 bits per heavy atom. The number of carbonyl (C=O) groups excluding carboxylic acids is 2. The molecule has 0 aliphatic carbocycles. The molecular weight excluding hydrogens is 354 g/mol. The lowest BCUT2D eigenvalue weighted by molar-refractivity contribution is -0.130. The van der Waals surface area contributed by atoms with Crippen molar-refractivity contribution in [2.24, 2.45) is 5.92 Å². The third kappa shape index (κ3) is 4.76. The lowest BCUT2D eigenvalue weighted by Crippen LogP contribution is -2.40. The number of hydrogen-bond acceptors (Lipinski definition) is 4. The van der Waals surface area contributed by atoms with Crippen LogP contribution in [0.5, 0.6) is 11.6 Å². The summed E-state index contributed by atoms with van der Waals surface area (Å²) >= 11 is 0. The minimum Gasteiger partial charge on any atom is -0.439 e. The van der Waals surface area contributed by atoms with Crippen molar-refractivity contribution in [3.05, 3.63) is 60.3 Å². The first kappa shape index (κ1) is 19.6. The second-order valence-corrected chi connectivity index (χ2v) is 7.03. The van der Waals surface area contributed by atoms with E-state index in [0.29, 0.717) is 37.5 Å². The number of piperidine rings is 1. The standard InChI is InChI=1S/C22H25N3O3/c1-4-21(26)25-11-9-17(10-12-25)22(27)24-18-6-8-20(23-14-18)28-19-7-5-15(2)16(3)13-19/h4-8,13-14,17H,1,9-12H2,2-3H3,(H,24,27). The highest BCUT2D eigenvalue weighted by molar-refractivity contribution is 5.93. The van der Waals surface area contributed by atoms with Crippen LogP contribution >= 0.6 is 0 Å². The third-order valence-corrected chi connectivity index (χ3v) is 5.06. The molecule has 0 spiro atoms. The summed E-state index contributed by atoms with van der Waals surface area (Å²) in [5.74, 6) is 0.962. The minimum absolute atomic E-state index is 0.0460. The van der Waals surface area contributed by atoms with Crippen molar-refractivity contribution in [3.63, 3.8) is 0 Å². The first-order valence-electron chi connectivity index (χ1n) is 9.39. The van der Waals surface area contributed by atoms with E-state index >= 15 is 0 Å². The molecule has 3 rings (SSSR count). The lowest BCUT2D eigenvalue weighted by Gasteiger charge is -2.30. The van der Waals surface area contributed by atoms with E-state index in [0.717, 1.165) is 11.3 Å². The van der Waals surface area contributed by atoms with Crippen LogP contribution in [0.15, 0.2) is 49.2 Å². The molecule has 0 unspecified atom stereocenters. The number of nitrogens with one attached hydrogen (secondary N) is 1. The number of pyridine rings is 1. The molecule has 0 bridgehead atoms. The number of benzene rings is 1. The summed E-state index contributed by atoms with van der Waals surface area (Å²) < 4.78 is 5.77. The van der Waals surface area contributed by atoms with Gasteiger partial charge in [-0.2, -0.15) is 0 Å². The Hall–Kier alpha value is -3.15. The quantitative estimate of drug-likeness (QED) is 0.801. The molecule has 2 aromatic rings. The number of carbonyl (C=O) groups is 2. The lowest BCUT2D eigenvalue weighted by atomic mass is 9.96. The Morgan fingerprint density at radius 3 is 2.54 bits per heavy atom. The molecule has 6 heteroatoms. The predicted molar refractivity (Wildman–Crippen MR) is 108 cm³/mol. The van der Waals surface area contributed by atoms with E-state index in [9.17, 15) is 9.59 Å². The number of aromatic nitrogens is 1. The van der Waals surface area contributed by atoms with Gasteiger partial charge in [-0.05, 0) is 62.1 Å². The maximum Gasteiger partial charge on any atom is 0.245 e. The highest BCUT2D eigenvalue weighted by Crippen LogP contribution is 2.24. The number of anilines is 1. The Bertz CT molecular complexity index is 869. The van der Waals surface area contributed by atoms with Crippen LogP contribution in [0.4, 0.5) is 5.69 Å². The second-order valence-electron chi connectivity index (χ2n) is 7.03. The highest BCUT2D eigenvalue weighted by atomic mass is 16.5. The van der Waals surface area contributed by atoms with Crippen LogP contribution in [0.1, 0.15) is 24.0 Å². The molecule has 0 saturated carbocycles. The Balaban J connectivity index is 1.54. The molecule has 1 aromatic carbocycles. The zero-order valence-corrected chi connectivity index (χ0v) is 16.3. The van der Waals surface area contributed by atoms with Gasteiger partial charge in [0, 0.05) is 25.1 Å². The fourth-order valence-electron chi connectivity index (χ4n) is 3.15. The molecule has 28 heavy (non-hydrogen) atoms. The maximum atomic E-state index is 12.5. The molecule has 146 valence electrons. The van der Waals surface area contributed by atoms with Crippen molar-refractivity contribution in [2.75, 3.05) is 18.4 Å². The van der Waals surface area contributed by atoms with E-state index in [1.165, 1.54) is 11.6 Å². The summed E-state index contributed by atoms with van der Waals surface area (Å²) in [4.78, 5) is 30.1. The highest BCUT2D eigenvalue weighted by Gasteiger charge is 2.26. The molecule has 1 aromatic heterocycles. The summed E-state index contributed by atoms with van der Waals surface area (Å²) in [5, 5.41) is 2.90. The maximum absolute atomic E-state index is 12.5. The Morgan fingerprint density at radius 1 is 1.18 bits per heavy atom. The number of amides is 2. The van der Waals surface area contributed by atoms with Gasteiger partial charge in [0.15, 0.2) is 0 Å². The van der Waals surface area contributed by atoms with Gasteiger partial charge in [-0.1, -0.05) is 12.6 Å². The number of nitrogens with zero attached hydrogens (tertiary/aromatic N) is 2. The molecule has 1 aliphatic rings. The second kappa shape index (κ2) is 8.69. The van der Waals surface area contributed by atoms with Crippen molar-refractivity contribution in [1.29, 1.82) is 0 Å². The van der Waals surface area contributed by atoms with Crippen molar-refractivity contribution in [3.8, 4) is 11.6 Å². The SMILES string of the molecule is C=CC(=O)N1CCC(C(=O)Nc2ccc(Oc3ccc(C)c(C)c3)nc2)CC1. The van der Waals surface area contributed by atoms with Crippen molar-refractivity contribution < 1.29 is 14.3 Å². The summed E-state index contributed by atoms with van der Waals surface area (Å²) in [5.41, 5.74) is 2.99. The van der Waals surface area contributed by atoms with Gasteiger partial charge in [0.1, 0.15) is 5.75 Å². The van der Waals surface area contributed by atoms with Crippen LogP contribution in [-0.2, 0) is 9.59 Å². The molecule has 6 nitrogen and oxygen atoms in total. The van der Waals surface area contributed by atoms with Crippen molar-refractivity contribution in [1.82, 2.24) is 9.88 Å². The molecule has 0 radical (unpaired) electrons. The van der Waals surface area contributed by atoms with Gasteiger partial charge in [0.2, 0.25) is 17.7 Å². The summed E-state index contributed by atoms with van der Waals surface area (Å²) in [6, 6.07) is 9.39. The normalized spacial score (nSPS) is 14.4. The average Bonchev–Trinajstić information content (AvgIpc) is 2.71. The number of rotatable bonds is 5. The van der Waals surface area contributed by atoms with Gasteiger partial charge in [0.25, 0.3) is 0 Å². The van der Waals surface area contributed by atoms with Gasteiger partial charge in [-0.25, -0.2) is 4.98 Å². The zero-order valence-electron chi connectivity index (χ0n) is 16.3. The van der Waals surface area contributed by atoms with Crippen molar-refractivity contribution >= 4 is 17.5 Å². The Kier molecular flexibility index (Phi) is 6.09. The van der Waals surface area contributed by atoms with Gasteiger partial charge >= 0.3 is 0 Å². The zero-order chi connectivity index (χ0) is 20.1. The van der Waals surface area contributed by atoms with Crippen LogP contribution < -0.4 is 10.1 Å². The number of ether oxygens (including phenoxy) is 1. The number of hydrogen-bond donors (Lipinski definition) is 1. The average molecular weight is 379 g/mol. The summed E-state index contributed by atoms with van der Waals surface area (Å²) in [6.07, 6.45) is 4.19. The summed E-state index contributed by atoms with van der Waals surface area (Å²) in [6.45, 7) is 8.73. The third-order valence-electron chi connectivity index (χ3n) is 5.06. The fraction of sp³-hybridized carbons (Fsp3) is 0.318. The molecular formula is C22H25N3O3. The molecule has 1 saturated heterocycles. The van der Waals surface area contributed by atoms with E-state index in [1.54, 1.807) is 23.2 Å². The first-order valence-corrected chi connectivity index (χ1v) is 9.39. The fourth-order valence-corrected chi connectivity index (χ4v) is 3.15. The van der Waals surface area contributed by atoms with E-state index in [4.69, 9.17) is 4.74 Å². The van der Waals surface area contributed by atoms with Crippen molar-refractivity contribution in [2.45, 2.75) is 26.7 Å². The smallest absolute Gasteiger partial charge is 0.245 e. The van der Waals surface area contributed by atoms with Crippen LogP contribution in [0, 0.1) is 19.8 Å². The van der Waals surface area contributed by atoms with E-state index in [-0.39, 0.29) is 17.7 Å². The Labute approximate surface area is 165 Å². The molecule has 0 atom stereocenters. The monoisotopic (exact) mass is 379 g/mol. The van der Waals surface area contributed by atoms with Crippen LogP contribution in [0.2, 0.25) is 0 Å². The number of likely N-dealkylation sites (tertiary alicyclic amines) is 1. The van der Waals surface area contributed by atoms with Gasteiger partial charge in [-0.15, -0.1) is 0 Å². The molecule has 1 N–H and O–H groups in total. The summed E-state index contributed by atoms with van der Waals surface area (Å²) in [7, 11) is 0. The van der Waals surface area contributed by atoms with Gasteiger partial charge in [-0.3, -0.25) is 9.59 Å². The van der Waals surface area contributed by atoms with E-state index < -0.39 is 0 Å². The molecule has 1 aliphatic heterocycles. The van der Waals surface area contributed by atoms with E-state index in [1.807, 2.05) is 25.1 Å². The minimum atomic E-state index is -0.111. The number of aryl methyl sites for hydroxylation is 2. The molecule has 1 fully saturated rings. The van der Waals surface area contributed by atoms with Gasteiger partial charge in [0.05, 0.1) is 11.9 Å².